The lowest BCUT2D eigenvalue weighted by molar-refractivity contribution is 0.242. The van der Waals surface area contributed by atoms with Gasteiger partial charge in [0.25, 0.3) is 0 Å². The van der Waals surface area contributed by atoms with Gasteiger partial charge in [-0.1, -0.05) is 12.8 Å². The van der Waals surface area contributed by atoms with Crippen molar-refractivity contribution in [3.05, 3.63) is 11.8 Å². The fourth-order valence-corrected chi connectivity index (χ4v) is 2.25. The Morgan fingerprint density at radius 1 is 1.59 bits per heavy atom. The van der Waals surface area contributed by atoms with Crippen LogP contribution in [-0.2, 0) is 6.54 Å². The molecule has 1 aromatic rings. The van der Waals surface area contributed by atoms with Crippen LogP contribution in [0.1, 0.15) is 37.4 Å². The number of nitrogens with zero attached hydrogens (tertiary/aromatic N) is 2. The Labute approximate surface area is 101 Å². The maximum absolute atomic E-state index is 11.0. The smallest absolute Gasteiger partial charge is 0.314 e. The van der Waals surface area contributed by atoms with Crippen molar-refractivity contribution in [2.75, 3.05) is 12.8 Å². The molecule has 0 saturated heterocycles. The molecule has 1 aliphatic carbocycles. The van der Waals surface area contributed by atoms with Crippen LogP contribution in [0.2, 0.25) is 0 Å². The number of nitrogen functional groups attached to an aromatic ring is 1. The molecule has 2 rings (SSSR count). The molecular formula is C11H19N5O. The van der Waals surface area contributed by atoms with Crippen LogP contribution >= 0.6 is 0 Å². The van der Waals surface area contributed by atoms with Gasteiger partial charge in [-0.25, -0.2) is 9.48 Å². The molecule has 0 radical (unpaired) electrons. The molecule has 94 valence electrons. The van der Waals surface area contributed by atoms with E-state index in [0.29, 0.717) is 18.4 Å². The minimum absolute atomic E-state index is 0.209. The van der Waals surface area contributed by atoms with E-state index < -0.39 is 0 Å². The second kappa shape index (κ2) is 5.07. The molecule has 1 aromatic heterocycles. The molecule has 1 fully saturated rings. The third-order valence-electron chi connectivity index (χ3n) is 3.14. The summed E-state index contributed by atoms with van der Waals surface area (Å²) in [6.45, 7) is 0.406. The fraction of sp³-hybridized carbons (Fsp3) is 0.636. The molecule has 17 heavy (non-hydrogen) atoms. The minimum Gasteiger partial charge on any atom is -0.384 e. The average Bonchev–Trinajstić information content (AvgIpc) is 2.94. The third-order valence-corrected chi connectivity index (χ3v) is 3.14. The second-order valence-corrected chi connectivity index (χ2v) is 4.38. The van der Waals surface area contributed by atoms with Gasteiger partial charge in [-0.15, -0.1) is 0 Å². The van der Waals surface area contributed by atoms with E-state index in [4.69, 9.17) is 5.73 Å². The van der Waals surface area contributed by atoms with Crippen LogP contribution in [0, 0.1) is 0 Å². The van der Waals surface area contributed by atoms with Crippen molar-refractivity contribution < 1.29 is 4.79 Å². The van der Waals surface area contributed by atoms with Gasteiger partial charge < -0.3 is 16.4 Å². The zero-order valence-electron chi connectivity index (χ0n) is 10.1. The van der Waals surface area contributed by atoms with Crippen LogP contribution < -0.4 is 16.4 Å². The molecule has 1 aliphatic rings. The predicted octanol–water partition coefficient (Wildman–Crippen LogP) is 1.01. The van der Waals surface area contributed by atoms with E-state index in [0.717, 1.165) is 18.5 Å². The summed E-state index contributed by atoms with van der Waals surface area (Å²) >= 11 is 0. The third kappa shape index (κ3) is 2.69. The lowest BCUT2D eigenvalue weighted by atomic mass is 10.2. The Balaban J connectivity index is 2.00. The quantitative estimate of drug-likeness (QED) is 0.733. The summed E-state index contributed by atoms with van der Waals surface area (Å²) in [6.07, 6.45) is 4.79. The zero-order valence-corrected chi connectivity index (χ0v) is 10.1. The molecule has 0 aliphatic heterocycles. The monoisotopic (exact) mass is 237 g/mol. The number of amides is 2. The number of rotatable bonds is 3. The Kier molecular flexibility index (Phi) is 3.51. The Morgan fingerprint density at radius 3 is 2.94 bits per heavy atom. The van der Waals surface area contributed by atoms with Gasteiger partial charge in [0.2, 0.25) is 0 Å². The molecule has 6 heteroatoms. The maximum Gasteiger partial charge on any atom is 0.314 e. The van der Waals surface area contributed by atoms with Crippen LogP contribution in [0.3, 0.4) is 0 Å². The van der Waals surface area contributed by atoms with Gasteiger partial charge in [-0.2, -0.15) is 5.10 Å². The van der Waals surface area contributed by atoms with Gasteiger partial charge in [-0.3, -0.25) is 0 Å². The first kappa shape index (κ1) is 11.8. The van der Waals surface area contributed by atoms with Gasteiger partial charge in [-0.05, 0) is 12.8 Å². The van der Waals surface area contributed by atoms with E-state index in [1.807, 2.05) is 10.7 Å². The molecule has 6 nitrogen and oxygen atoms in total. The van der Waals surface area contributed by atoms with Crippen molar-refractivity contribution >= 4 is 11.8 Å². The predicted molar refractivity (Wildman–Crippen MR) is 65.4 cm³/mol. The Hall–Kier alpha value is -1.72. The fourth-order valence-electron chi connectivity index (χ4n) is 2.25. The number of anilines is 1. The second-order valence-electron chi connectivity index (χ2n) is 4.38. The van der Waals surface area contributed by atoms with E-state index in [1.54, 1.807) is 7.05 Å². The highest BCUT2D eigenvalue weighted by molar-refractivity contribution is 5.73. The zero-order chi connectivity index (χ0) is 12.3. The lowest BCUT2D eigenvalue weighted by Gasteiger charge is -2.11. The van der Waals surface area contributed by atoms with Crippen molar-refractivity contribution in [3.63, 3.8) is 0 Å². The average molecular weight is 237 g/mol. The minimum atomic E-state index is -0.209. The van der Waals surface area contributed by atoms with Gasteiger partial charge in [0, 0.05) is 13.1 Å². The normalized spacial score (nSPS) is 16.1. The molecule has 4 N–H and O–H groups in total. The number of carbonyl (C=O) groups excluding carboxylic acids is 1. The Bertz CT molecular complexity index is 395. The van der Waals surface area contributed by atoms with Crippen LogP contribution in [0.4, 0.5) is 10.6 Å². The highest BCUT2D eigenvalue weighted by Crippen LogP contribution is 2.30. The van der Waals surface area contributed by atoms with Crippen molar-refractivity contribution in [3.8, 4) is 0 Å². The molecule has 0 unspecified atom stereocenters. The van der Waals surface area contributed by atoms with Crippen molar-refractivity contribution in [1.29, 1.82) is 0 Å². The first-order chi connectivity index (χ1) is 8.20. The summed E-state index contributed by atoms with van der Waals surface area (Å²) in [6, 6.07) is 2.05. The first-order valence-corrected chi connectivity index (χ1v) is 6.00. The van der Waals surface area contributed by atoms with E-state index in [1.165, 1.54) is 12.8 Å². The summed E-state index contributed by atoms with van der Waals surface area (Å²) in [5.41, 5.74) is 6.74. The van der Waals surface area contributed by atoms with Gasteiger partial charge in [0.1, 0.15) is 5.82 Å². The van der Waals surface area contributed by atoms with Crippen LogP contribution in [0.25, 0.3) is 0 Å². The number of nitrogens with two attached hydrogens (primary N) is 1. The molecule has 0 atom stereocenters. The summed E-state index contributed by atoms with van der Waals surface area (Å²) < 4.78 is 1.90. The molecule has 0 bridgehead atoms. The van der Waals surface area contributed by atoms with Crippen molar-refractivity contribution in [1.82, 2.24) is 20.4 Å². The van der Waals surface area contributed by atoms with Crippen LogP contribution in [0.15, 0.2) is 6.07 Å². The van der Waals surface area contributed by atoms with Gasteiger partial charge in [0.15, 0.2) is 0 Å². The summed E-state index contributed by atoms with van der Waals surface area (Å²) in [5.74, 6) is 0.686. The molecule has 0 aromatic carbocycles. The standard InChI is InChI=1S/C11H19N5O/c1-13-11(17)14-7-8-6-10(12)16(15-8)9-4-2-3-5-9/h6,9H,2-5,7,12H2,1H3,(H2,13,14,17). The van der Waals surface area contributed by atoms with E-state index in [2.05, 4.69) is 15.7 Å². The topological polar surface area (TPSA) is 85.0 Å². The molecule has 0 spiro atoms. The molecule has 1 saturated carbocycles. The van der Waals surface area contributed by atoms with E-state index in [-0.39, 0.29) is 6.03 Å². The molecule has 2 amide bonds. The number of urea groups is 1. The summed E-state index contributed by atoms with van der Waals surface area (Å²) in [5, 5.41) is 9.64. The summed E-state index contributed by atoms with van der Waals surface area (Å²) in [4.78, 5) is 11.0. The largest absolute Gasteiger partial charge is 0.384 e. The molecular weight excluding hydrogens is 218 g/mol. The number of aromatic nitrogens is 2. The maximum atomic E-state index is 11.0. The molecule has 1 heterocycles. The van der Waals surface area contributed by atoms with Crippen LogP contribution in [-0.4, -0.2) is 22.9 Å². The number of nitrogens with one attached hydrogen (secondary N) is 2. The Morgan fingerprint density at radius 2 is 2.29 bits per heavy atom. The summed E-state index contributed by atoms with van der Waals surface area (Å²) in [7, 11) is 1.58. The highest BCUT2D eigenvalue weighted by atomic mass is 16.2. The van der Waals surface area contributed by atoms with Crippen molar-refractivity contribution in [2.45, 2.75) is 38.3 Å². The lowest BCUT2D eigenvalue weighted by Crippen LogP contribution is -2.32. The number of hydrogen-bond acceptors (Lipinski definition) is 3. The SMILES string of the molecule is CNC(=O)NCc1cc(N)n(C2CCCC2)n1. The van der Waals surface area contributed by atoms with E-state index in [9.17, 15) is 4.79 Å². The first-order valence-electron chi connectivity index (χ1n) is 6.00. The number of carbonyl (C=O) groups is 1. The van der Waals surface area contributed by atoms with Gasteiger partial charge >= 0.3 is 6.03 Å². The van der Waals surface area contributed by atoms with E-state index >= 15 is 0 Å². The van der Waals surface area contributed by atoms with Gasteiger partial charge in [0.05, 0.1) is 18.3 Å². The van der Waals surface area contributed by atoms with Crippen LogP contribution in [0.5, 0.6) is 0 Å². The number of hydrogen-bond donors (Lipinski definition) is 3. The highest BCUT2D eigenvalue weighted by Gasteiger charge is 2.20. The van der Waals surface area contributed by atoms with Crippen molar-refractivity contribution in [2.24, 2.45) is 0 Å².